The number of hydrogen-bond donors (Lipinski definition) is 2. The molecule has 6 heteroatoms. The fourth-order valence-corrected chi connectivity index (χ4v) is 2.52. The van der Waals surface area contributed by atoms with Crippen LogP contribution in [0.2, 0.25) is 0 Å². The molecule has 1 aliphatic heterocycles. The number of hydrogen-bond acceptors (Lipinski definition) is 4. The molecule has 0 saturated carbocycles. The van der Waals surface area contributed by atoms with Crippen molar-refractivity contribution in [3.8, 4) is 11.5 Å². The van der Waals surface area contributed by atoms with Gasteiger partial charge >= 0.3 is 0 Å². The first-order valence-electron chi connectivity index (χ1n) is 7.23. The number of methoxy groups -OCH3 is 2. The smallest absolute Gasteiger partial charge is 0.208 e. The second-order valence-corrected chi connectivity index (χ2v) is 5.00. The Labute approximate surface area is 125 Å². The van der Waals surface area contributed by atoms with Gasteiger partial charge in [0.05, 0.1) is 14.2 Å². The third-order valence-corrected chi connectivity index (χ3v) is 3.63. The summed E-state index contributed by atoms with van der Waals surface area (Å²) < 4.78 is 10.7. The van der Waals surface area contributed by atoms with Crippen LogP contribution in [0.15, 0.2) is 17.1 Å². The van der Waals surface area contributed by atoms with Crippen LogP contribution in [-0.4, -0.2) is 38.2 Å². The van der Waals surface area contributed by atoms with Gasteiger partial charge in [0.2, 0.25) is 5.96 Å². The Morgan fingerprint density at radius 1 is 1.29 bits per heavy atom. The second kappa shape index (κ2) is 7.17. The molecule has 0 spiro atoms. The van der Waals surface area contributed by atoms with Gasteiger partial charge in [0.1, 0.15) is 0 Å². The second-order valence-electron chi connectivity index (χ2n) is 5.00. The highest BCUT2D eigenvalue weighted by Crippen LogP contribution is 2.33. The first-order chi connectivity index (χ1) is 10.2. The SMILES string of the molecule is CCCN=C(NN)N1CCc2cc(OC)c(OC)cc2C1. The molecule has 0 saturated heterocycles. The molecule has 1 aromatic rings. The zero-order valence-electron chi connectivity index (χ0n) is 13.0. The van der Waals surface area contributed by atoms with Gasteiger partial charge < -0.3 is 14.4 Å². The van der Waals surface area contributed by atoms with Crippen molar-refractivity contribution in [2.24, 2.45) is 10.8 Å². The molecular formula is C15H24N4O2. The van der Waals surface area contributed by atoms with Crippen LogP contribution in [0, 0.1) is 0 Å². The summed E-state index contributed by atoms with van der Waals surface area (Å²) >= 11 is 0. The lowest BCUT2D eigenvalue weighted by Gasteiger charge is -2.31. The van der Waals surface area contributed by atoms with Crippen molar-refractivity contribution in [3.05, 3.63) is 23.3 Å². The average molecular weight is 292 g/mol. The molecular weight excluding hydrogens is 268 g/mol. The molecule has 116 valence electrons. The number of ether oxygens (including phenoxy) is 2. The minimum atomic E-state index is 0.747. The zero-order valence-corrected chi connectivity index (χ0v) is 13.0. The molecule has 1 heterocycles. The van der Waals surface area contributed by atoms with Crippen molar-refractivity contribution in [1.82, 2.24) is 10.3 Å². The van der Waals surface area contributed by atoms with Gasteiger partial charge in [-0.3, -0.25) is 10.4 Å². The van der Waals surface area contributed by atoms with Crippen LogP contribution in [-0.2, 0) is 13.0 Å². The summed E-state index contributed by atoms with van der Waals surface area (Å²) in [5.41, 5.74) is 5.22. The lowest BCUT2D eigenvalue weighted by atomic mass is 9.99. The van der Waals surface area contributed by atoms with Crippen LogP contribution < -0.4 is 20.7 Å². The van der Waals surface area contributed by atoms with Crippen molar-refractivity contribution in [2.45, 2.75) is 26.3 Å². The molecule has 1 aliphatic rings. The standard InChI is InChI=1S/C15H24N4O2/c1-4-6-17-15(18-16)19-7-5-11-8-13(20-2)14(21-3)9-12(11)10-19/h8-9H,4-7,10,16H2,1-3H3,(H,17,18). The zero-order chi connectivity index (χ0) is 15.2. The molecule has 0 bridgehead atoms. The Kier molecular flexibility index (Phi) is 5.27. The topological polar surface area (TPSA) is 72.1 Å². The molecule has 2 rings (SSSR count). The minimum absolute atomic E-state index is 0.747. The summed E-state index contributed by atoms with van der Waals surface area (Å²) in [6, 6.07) is 4.10. The number of fused-ring (bicyclic) bond motifs is 1. The molecule has 0 radical (unpaired) electrons. The van der Waals surface area contributed by atoms with E-state index in [1.807, 2.05) is 6.07 Å². The highest BCUT2D eigenvalue weighted by molar-refractivity contribution is 5.79. The largest absolute Gasteiger partial charge is 0.493 e. The molecule has 0 aromatic heterocycles. The number of nitrogens with zero attached hydrogens (tertiary/aromatic N) is 2. The number of nitrogens with two attached hydrogens (primary N) is 1. The Morgan fingerprint density at radius 3 is 2.52 bits per heavy atom. The predicted octanol–water partition coefficient (Wildman–Crippen LogP) is 1.29. The van der Waals surface area contributed by atoms with Gasteiger partial charge in [-0.25, -0.2) is 5.84 Å². The molecule has 3 N–H and O–H groups in total. The highest BCUT2D eigenvalue weighted by atomic mass is 16.5. The van der Waals surface area contributed by atoms with Gasteiger partial charge in [-0.1, -0.05) is 6.92 Å². The summed E-state index contributed by atoms with van der Waals surface area (Å²) in [5, 5.41) is 0. The van der Waals surface area contributed by atoms with E-state index in [1.54, 1.807) is 14.2 Å². The van der Waals surface area contributed by atoms with E-state index in [1.165, 1.54) is 11.1 Å². The first-order valence-corrected chi connectivity index (χ1v) is 7.23. The van der Waals surface area contributed by atoms with Crippen LogP contribution in [0.5, 0.6) is 11.5 Å². The van der Waals surface area contributed by atoms with Crippen LogP contribution in [0.4, 0.5) is 0 Å². The summed E-state index contributed by atoms with van der Waals surface area (Å²) in [7, 11) is 3.31. The Balaban J connectivity index is 2.23. The Bertz CT molecular complexity index is 517. The van der Waals surface area contributed by atoms with Crippen LogP contribution in [0.1, 0.15) is 24.5 Å². The van der Waals surface area contributed by atoms with E-state index in [9.17, 15) is 0 Å². The first kappa shape index (κ1) is 15.4. The number of benzene rings is 1. The summed E-state index contributed by atoms with van der Waals surface area (Å²) in [4.78, 5) is 6.64. The van der Waals surface area contributed by atoms with E-state index in [-0.39, 0.29) is 0 Å². The predicted molar refractivity (Wildman–Crippen MR) is 83.6 cm³/mol. The molecule has 0 unspecified atom stereocenters. The van der Waals surface area contributed by atoms with E-state index < -0.39 is 0 Å². The molecule has 0 amide bonds. The molecule has 0 atom stereocenters. The molecule has 0 fully saturated rings. The molecule has 6 nitrogen and oxygen atoms in total. The fraction of sp³-hybridized carbons (Fsp3) is 0.533. The van der Waals surface area contributed by atoms with E-state index in [0.29, 0.717) is 0 Å². The van der Waals surface area contributed by atoms with E-state index in [4.69, 9.17) is 15.3 Å². The maximum Gasteiger partial charge on any atom is 0.208 e. The average Bonchev–Trinajstić information content (AvgIpc) is 2.54. The van der Waals surface area contributed by atoms with Gasteiger partial charge in [0.25, 0.3) is 0 Å². The maximum atomic E-state index is 5.60. The van der Waals surface area contributed by atoms with Gasteiger partial charge in [-0.15, -0.1) is 0 Å². The van der Waals surface area contributed by atoms with Gasteiger partial charge in [-0.05, 0) is 36.1 Å². The lowest BCUT2D eigenvalue weighted by Crippen LogP contribution is -2.47. The molecule has 21 heavy (non-hydrogen) atoms. The number of hydrazine groups is 1. The normalized spacial score (nSPS) is 14.7. The Hall–Kier alpha value is -1.95. The Morgan fingerprint density at radius 2 is 1.95 bits per heavy atom. The van der Waals surface area contributed by atoms with E-state index in [2.05, 4.69) is 28.3 Å². The van der Waals surface area contributed by atoms with E-state index >= 15 is 0 Å². The van der Waals surface area contributed by atoms with Gasteiger partial charge in [-0.2, -0.15) is 0 Å². The van der Waals surface area contributed by atoms with E-state index in [0.717, 1.165) is 49.9 Å². The van der Waals surface area contributed by atoms with Crippen molar-refractivity contribution < 1.29 is 9.47 Å². The van der Waals surface area contributed by atoms with Gasteiger partial charge in [0.15, 0.2) is 11.5 Å². The lowest BCUT2D eigenvalue weighted by molar-refractivity contribution is 0.346. The van der Waals surface area contributed by atoms with Crippen LogP contribution in [0.3, 0.4) is 0 Å². The van der Waals surface area contributed by atoms with Crippen molar-refractivity contribution in [3.63, 3.8) is 0 Å². The minimum Gasteiger partial charge on any atom is -0.493 e. The number of nitrogens with one attached hydrogen (secondary N) is 1. The fourth-order valence-electron chi connectivity index (χ4n) is 2.52. The van der Waals surface area contributed by atoms with Crippen molar-refractivity contribution in [1.29, 1.82) is 0 Å². The summed E-state index contributed by atoms with van der Waals surface area (Å²) in [6.45, 7) is 4.52. The van der Waals surface area contributed by atoms with Crippen LogP contribution >= 0.6 is 0 Å². The third kappa shape index (κ3) is 3.39. The van der Waals surface area contributed by atoms with Crippen molar-refractivity contribution >= 4 is 5.96 Å². The summed E-state index contributed by atoms with van der Waals surface area (Å²) in [6.07, 6.45) is 1.93. The quantitative estimate of drug-likeness (QED) is 0.379. The van der Waals surface area contributed by atoms with Crippen molar-refractivity contribution in [2.75, 3.05) is 27.3 Å². The van der Waals surface area contributed by atoms with Crippen LogP contribution in [0.25, 0.3) is 0 Å². The number of aliphatic imine (C=N–C) groups is 1. The highest BCUT2D eigenvalue weighted by Gasteiger charge is 2.21. The monoisotopic (exact) mass is 292 g/mol. The number of guanidine groups is 1. The maximum absolute atomic E-state index is 5.60. The molecule has 1 aromatic carbocycles. The molecule has 0 aliphatic carbocycles. The van der Waals surface area contributed by atoms with Gasteiger partial charge in [0, 0.05) is 19.6 Å². The third-order valence-electron chi connectivity index (χ3n) is 3.63. The number of rotatable bonds is 4. The summed E-state index contributed by atoms with van der Waals surface area (Å²) in [5.74, 6) is 7.88.